The second-order valence-electron chi connectivity index (χ2n) is 5.12. The molecule has 0 heterocycles. The summed E-state index contributed by atoms with van der Waals surface area (Å²) in [5.41, 5.74) is 2.71. The van der Waals surface area contributed by atoms with Crippen molar-refractivity contribution in [3.8, 4) is 0 Å². The van der Waals surface area contributed by atoms with Gasteiger partial charge in [0, 0.05) is 12.0 Å². The van der Waals surface area contributed by atoms with Crippen LogP contribution in [-0.4, -0.2) is 13.6 Å². The quantitative estimate of drug-likeness (QED) is 0.773. The summed E-state index contributed by atoms with van der Waals surface area (Å²) in [6.07, 6.45) is 5.39. The molecule has 0 spiro atoms. The van der Waals surface area contributed by atoms with Gasteiger partial charge in [-0.1, -0.05) is 72.8 Å². The molecular weight excluding hydrogens is 242 g/mol. The van der Waals surface area contributed by atoms with E-state index in [2.05, 4.69) is 85.1 Å². The molecule has 1 heteroatoms. The standard InChI is InChI=1S/C19H23N/c1-3-4-15-19(16-20-2,17-11-7-5-8-12-17)18-13-9-6-10-14-18/h3-14,20H,15-16H2,1-2H3/b4-3-. The van der Waals surface area contributed by atoms with Crippen molar-refractivity contribution in [2.75, 3.05) is 13.6 Å². The van der Waals surface area contributed by atoms with Gasteiger partial charge < -0.3 is 5.32 Å². The Morgan fingerprint density at radius 2 is 1.40 bits per heavy atom. The van der Waals surface area contributed by atoms with E-state index in [9.17, 15) is 0 Å². The minimum atomic E-state index is -0.0101. The van der Waals surface area contributed by atoms with Crippen molar-refractivity contribution < 1.29 is 0 Å². The fourth-order valence-corrected chi connectivity index (χ4v) is 2.81. The Labute approximate surface area is 122 Å². The van der Waals surface area contributed by atoms with Crippen LogP contribution < -0.4 is 5.32 Å². The Morgan fingerprint density at radius 3 is 1.80 bits per heavy atom. The highest BCUT2D eigenvalue weighted by Gasteiger charge is 2.32. The van der Waals surface area contributed by atoms with Crippen LogP contribution in [0.1, 0.15) is 24.5 Å². The zero-order valence-corrected chi connectivity index (χ0v) is 12.3. The molecule has 2 rings (SSSR count). The summed E-state index contributed by atoms with van der Waals surface area (Å²) in [4.78, 5) is 0. The molecule has 0 radical (unpaired) electrons. The molecule has 0 aliphatic carbocycles. The van der Waals surface area contributed by atoms with Gasteiger partial charge in [-0.15, -0.1) is 0 Å². The molecule has 0 saturated heterocycles. The van der Waals surface area contributed by atoms with Gasteiger partial charge in [-0.25, -0.2) is 0 Å². The van der Waals surface area contributed by atoms with Gasteiger partial charge in [0.1, 0.15) is 0 Å². The smallest absolute Gasteiger partial charge is 0.0361 e. The van der Waals surface area contributed by atoms with Crippen molar-refractivity contribution in [2.45, 2.75) is 18.8 Å². The third-order valence-corrected chi connectivity index (χ3v) is 3.83. The second kappa shape index (κ2) is 7.06. The zero-order chi connectivity index (χ0) is 14.3. The Kier molecular flexibility index (Phi) is 5.14. The summed E-state index contributed by atoms with van der Waals surface area (Å²) in [6, 6.07) is 21.6. The van der Waals surface area contributed by atoms with Crippen molar-refractivity contribution >= 4 is 0 Å². The van der Waals surface area contributed by atoms with Gasteiger partial charge in [0.05, 0.1) is 0 Å². The fourth-order valence-electron chi connectivity index (χ4n) is 2.81. The lowest BCUT2D eigenvalue weighted by Crippen LogP contribution is -2.37. The predicted molar refractivity (Wildman–Crippen MR) is 87.0 cm³/mol. The molecule has 1 nitrogen and oxygen atoms in total. The zero-order valence-electron chi connectivity index (χ0n) is 12.3. The van der Waals surface area contributed by atoms with Gasteiger partial charge in [-0.05, 0) is 31.5 Å². The first-order valence-electron chi connectivity index (χ1n) is 7.20. The number of likely N-dealkylation sites (N-methyl/N-ethyl adjacent to an activating group) is 1. The Balaban J connectivity index is 2.56. The Hall–Kier alpha value is -1.86. The third-order valence-electron chi connectivity index (χ3n) is 3.83. The van der Waals surface area contributed by atoms with Crippen LogP contribution in [0.25, 0.3) is 0 Å². The normalized spacial score (nSPS) is 11.9. The van der Waals surface area contributed by atoms with Gasteiger partial charge in [0.25, 0.3) is 0 Å². The first kappa shape index (κ1) is 14.5. The van der Waals surface area contributed by atoms with Gasteiger partial charge in [0.15, 0.2) is 0 Å². The number of allylic oxidation sites excluding steroid dienone is 2. The molecule has 2 aromatic rings. The number of rotatable bonds is 6. The van der Waals surface area contributed by atoms with Crippen molar-refractivity contribution in [1.82, 2.24) is 5.32 Å². The molecule has 0 bridgehead atoms. The van der Waals surface area contributed by atoms with E-state index in [4.69, 9.17) is 0 Å². The maximum Gasteiger partial charge on any atom is 0.0361 e. The van der Waals surface area contributed by atoms with Crippen LogP contribution in [0.2, 0.25) is 0 Å². The van der Waals surface area contributed by atoms with E-state index in [-0.39, 0.29) is 5.41 Å². The highest BCUT2D eigenvalue weighted by molar-refractivity contribution is 5.40. The second-order valence-corrected chi connectivity index (χ2v) is 5.12. The minimum absolute atomic E-state index is 0.0101. The monoisotopic (exact) mass is 265 g/mol. The highest BCUT2D eigenvalue weighted by atomic mass is 14.8. The first-order valence-corrected chi connectivity index (χ1v) is 7.20. The molecule has 2 aromatic carbocycles. The first-order chi connectivity index (χ1) is 9.83. The van der Waals surface area contributed by atoms with E-state index >= 15 is 0 Å². The third kappa shape index (κ3) is 3.00. The largest absolute Gasteiger partial charge is 0.319 e. The van der Waals surface area contributed by atoms with E-state index in [0.717, 1.165) is 13.0 Å². The summed E-state index contributed by atoms with van der Waals surface area (Å²) in [5.74, 6) is 0. The van der Waals surface area contributed by atoms with Gasteiger partial charge >= 0.3 is 0 Å². The van der Waals surface area contributed by atoms with E-state index in [1.54, 1.807) is 0 Å². The minimum Gasteiger partial charge on any atom is -0.319 e. The Bertz CT molecular complexity index is 489. The van der Waals surface area contributed by atoms with Crippen molar-refractivity contribution in [2.24, 2.45) is 0 Å². The summed E-state index contributed by atoms with van der Waals surface area (Å²) in [7, 11) is 2.02. The van der Waals surface area contributed by atoms with Crippen LogP contribution in [0.3, 0.4) is 0 Å². The number of nitrogens with one attached hydrogen (secondary N) is 1. The topological polar surface area (TPSA) is 12.0 Å². The van der Waals surface area contributed by atoms with Crippen LogP contribution in [0.5, 0.6) is 0 Å². The van der Waals surface area contributed by atoms with Crippen molar-refractivity contribution in [1.29, 1.82) is 0 Å². The predicted octanol–water partition coefficient (Wildman–Crippen LogP) is 4.16. The molecular formula is C19H23N. The molecule has 0 unspecified atom stereocenters. The molecule has 0 fully saturated rings. The van der Waals surface area contributed by atoms with Gasteiger partial charge in [-0.3, -0.25) is 0 Å². The van der Waals surface area contributed by atoms with E-state index in [0.29, 0.717) is 0 Å². The average Bonchev–Trinajstić information content (AvgIpc) is 2.53. The number of hydrogen-bond acceptors (Lipinski definition) is 1. The summed E-state index contributed by atoms with van der Waals surface area (Å²) < 4.78 is 0. The molecule has 1 N–H and O–H groups in total. The highest BCUT2D eigenvalue weighted by Crippen LogP contribution is 2.35. The summed E-state index contributed by atoms with van der Waals surface area (Å²) >= 11 is 0. The molecule has 0 aliphatic heterocycles. The molecule has 0 atom stereocenters. The van der Waals surface area contributed by atoms with E-state index in [1.165, 1.54) is 11.1 Å². The van der Waals surface area contributed by atoms with Gasteiger partial charge in [0.2, 0.25) is 0 Å². The van der Waals surface area contributed by atoms with Crippen LogP contribution in [0.15, 0.2) is 72.8 Å². The molecule has 20 heavy (non-hydrogen) atoms. The molecule has 0 saturated carbocycles. The van der Waals surface area contributed by atoms with E-state index in [1.807, 2.05) is 7.05 Å². The average molecular weight is 265 g/mol. The summed E-state index contributed by atoms with van der Waals surface area (Å²) in [6.45, 7) is 3.01. The maximum absolute atomic E-state index is 3.38. The molecule has 0 amide bonds. The maximum atomic E-state index is 3.38. The SMILES string of the molecule is C/C=C\CC(CNC)(c1ccccc1)c1ccccc1. The van der Waals surface area contributed by atoms with Crippen LogP contribution in [-0.2, 0) is 5.41 Å². The van der Waals surface area contributed by atoms with Crippen molar-refractivity contribution in [3.63, 3.8) is 0 Å². The molecule has 104 valence electrons. The number of benzene rings is 2. The lowest BCUT2D eigenvalue weighted by atomic mass is 9.72. The lowest BCUT2D eigenvalue weighted by Gasteiger charge is -2.34. The van der Waals surface area contributed by atoms with Crippen LogP contribution in [0.4, 0.5) is 0 Å². The van der Waals surface area contributed by atoms with Gasteiger partial charge in [-0.2, -0.15) is 0 Å². The molecule has 0 aromatic heterocycles. The number of hydrogen-bond donors (Lipinski definition) is 1. The fraction of sp³-hybridized carbons (Fsp3) is 0.263. The van der Waals surface area contributed by atoms with Crippen LogP contribution in [0, 0.1) is 0 Å². The van der Waals surface area contributed by atoms with E-state index < -0.39 is 0 Å². The van der Waals surface area contributed by atoms with Crippen molar-refractivity contribution in [3.05, 3.63) is 83.9 Å². The summed E-state index contributed by atoms with van der Waals surface area (Å²) in [5, 5.41) is 3.38. The molecule has 0 aliphatic rings. The lowest BCUT2D eigenvalue weighted by molar-refractivity contribution is 0.490. The van der Waals surface area contributed by atoms with Crippen LogP contribution >= 0.6 is 0 Å². The Morgan fingerprint density at radius 1 is 0.900 bits per heavy atom.